The molecule has 1 atom stereocenters. The van der Waals surface area contributed by atoms with Crippen LogP contribution >= 0.6 is 0 Å². The third-order valence-electron chi connectivity index (χ3n) is 2.83. The van der Waals surface area contributed by atoms with E-state index < -0.39 is 16.2 Å². The zero-order valence-corrected chi connectivity index (χ0v) is 12.0. The minimum Gasteiger partial charge on any atom is -0.379 e. The average Bonchev–Trinajstić information content (AvgIpc) is 2.47. The van der Waals surface area contributed by atoms with Crippen molar-refractivity contribution in [2.75, 3.05) is 0 Å². The van der Waals surface area contributed by atoms with E-state index in [0.29, 0.717) is 5.56 Å². The lowest BCUT2D eigenvalue weighted by atomic mass is 10.1. The maximum Gasteiger partial charge on any atom is 0.339 e. The van der Waals surface area contributed by atoms with E-state index in [0.717, 1.165) is 5.56 Å². The Morgan fingerprint density at radius 2 is 1.67 bits per heavy atom. The summed E-state index contributed by atoms with van der Waals surface area (Å²) in [4.78, 5) is 0.0641. The molecule has 2 rings (SSSR count). The first-order chi connectivity index (χ1) is 9.92. The van der Waals surface area contributed by atoms with Crippen molar-refractivity contribution in [3.63, 3.8) is 0 Å². The van der Waals surface area contributed by atoms with Crippen LogP contribution in [0.4, 0.5) is 0 Å². The highest BCUT2D eigenvalue weighted by Gasteiger charge is 2.16. The first-order valence-corrected chi connectivity index (χ1v) is 7.52. The van der Waals surface area contributed by atoms with Gasteiger partial charge in [0.15, 0.2) is 6.10 Å². The Labute approximate surface area is 123 Å². The third kappa shape index (κ3) is 3.60. The molecule has 0 amide bonds. The Morgan fingerprint density at radius 1 is 1.10 bits per heavy atom. The van der Waals surface area contributed by atoms with Crippen LogP contribution in [0.3, 0.4) is 0 Å². The van der Waals surface area contributed by atoms with Crippen molar-refractivity contribution in [1.29, 1.82) is 5.26 Å². The van der Waals surface area contributed by atoms with Crippen LogP contribution in [-0.2, 0) is 10.1 Å². The first kappa shape index (κ1) is 15.0. The molecule has 6 heteroatoms. The Hall–Kier alpha value is -2.36. The second-order valence-electron chi connectivity index (χ2n) is 4.45. The number of aryl methyl sites for hydroxylation is 1. The molecule has 0 heterocycles. The number of hydrogen-bond acceptors (Lipinski definition) is 5. The molecule has 1 unspecified atom stereocenters. The normalized spacial score (nSPS) is 12.4. The van der Waals surface area contributed by atoms with E-state index in [2.05, 4.69) is 0 Å². The average molecular weight is 303 g/mol. The van der Waals surface area contributed by atoms with Gasteiger partial charge in [0.25, 0.3) is 0 Å². The van der Waals surface area contributed by atoms with E-state index >= 15 is 0 Å². The fraction of sp³-hybridized carbons (Fsp3) is 0.133. The summed E-state index contributed by atoms with van der Waals surface area (Å²) in [7, 11) is -3.90. The molecular formula is C15H13NO4S. The predicted molar refractivity (Wildman–Crippen MR) is 76.0 cm³/mol. The third-order valence-corrected chi connectivity index (χ3v) is 4.10. The minimum absolute atomic E-state index is 0.0641. The summed E-state index contributed by atoms with van der Waals surface area (Å²) in [5.74, 6) is 0.115. The number of nitrogens with zero attached hydrogens (tertiary/aromatic N) is 1. The van der Waals surface area contributed by atoms with Gasteiger partial charge in [-0.3, -0.25) is 0 Å². The summed E-state index contributed by atoms with van der Waals surface area (Å²) in [5.41, 5.74) is 1.32. The molecule has 0 fully saturated rings. The lowest BCUT2D eigenvalue weighted by molar-refractivity contribution is 0.236. The van der Waals surface area contributed by atoms with Crippen LogP contribution in [0.25, 0.3) is 0 Å². The van der Waals surface area contributed by atoms with Gasteiger partial charge < -0.3 is 9.29 Å². The van der Waals surface area contributed by atoms with Gasteiger partial charge in [-0.1, -0.05) is 29.8 Å². The smallest absolute Gasteiger partial charge is 0.339 e. The van der Waals surface area contributed by atoms with Crippen molar-refractivity contribution < 1.29 is 17.7 Å². The SMILES string of the molecule is Cc1ccc(S(=O)(=O)Oc2ccc(C(O)C#N)cc2)cc1. The summed E-state index contributed by atoms with van der Waals surface area (Å²) < 4.78 is 29.1. The Kier molecular flexibility index (Phi) is 4.26. The van der Waals surface area contributed by atoms with Gasteiger partial charge in [0.1, 0.15) is 10.6 Å². The van der Waals surface area contributed by atoms with Gasteiger partial charge in [0.2, 0.25) is 0 Å². The lowest BCUT2D eigenvalue weighted by Crippen LogP contribution is -2.09. The fourth-order valence-electron chi connectivity index (χ4n) is 1.66. The molecular weight excluding hydrogens is 290 g/mol. The zero-order valence-electron chi connectivity index (χ0n) is 11.2. The molecule has 2 aromatic carbocycles. The van der Waals surface area contributed by atoms with E-state index in [-0.39, 0.29) is 10.6 Å². The molecule has 108 valence electrons. The molecule has 0 aliphatic rings. The van der Waals surface area contributed by atoms with Gasteiger partial charge in [-0.2, -0.15) is 13.7 Å². The number of nitriles is 1. The predicted octanol–water partition coefficient (Wildman–Crippen LogP) is 2.32. The lowest BCUT2D eigenvalue weighted by Gasteiger charge is -2.08. The Bertz CT molecular complexity index is 759. The molecule has 0 saturated carbocycles. The van der Waals surface area contributed by atoms with Crippen LogP contribution < -0.4 is 4.18 Å². The van der Waals surface area contributed by atoms with E-state index in [9.17, 15) is 13.5 Å². The highest BCUT2D eigenvalue weighted by molar-refractivity contribution is 7.87. The highest BCUT2D eigenvalue weighted by atomic mass is 32.2. The van der Waals surface area contributed by atoms with E-state index in [1.54, 1.807) is 18.2 Å². The molecule has 5 nitrogen and oxygen atoms in total. The second kappa shape index (κ2) is 5.95. The van der Waals surface area contributed by atoms with E-state index in [4.69, 9.17) is 9.44 Å². The standard InChI is InChI=1S/C15H13NO4S/c1-11-2-8-14(9-3-11)21(18,19)20-13-6-4-12(5-7-13)15(17)10-16/h2-9,15,17H,1H3. The fourth-order valence-corrected chi connectivity index (χ4v) is 2.59. The molecule has 0 saturated heterocycles. The molecule has 0 spiro atoms. The van der Waals surface area contributed by atoms with Gasteiger partial charge in [-0.05, 0) is 36.8 Å². The van der Waals surface area contributed by atoms with E-state index in [1.165, 1.54) is 36.4 Å². The highest BCUT2D eigenvalue weighted by Crippen LogP contribution is 2.21. The van der Waals surface area contributed by atoms with Gasteiger partial charge >= 0.3 is 10.1 Å². The molecule has 0 aliphatic carbocycles. The number of benzene rings is 2. The van der Waals surface area contributed by atoms with E-state index in [1.807, 2.05) is 6.92 Å². The molecule has 0 bridgehead atoms. The van der Waals surface area contributed by atoms with Crippen LogP contribution in [0.2, 0.25) is 0 Å². The maximum absolute atomic E-state index is 12.1. The first-order valence-electron chi connectivity index (χ1n) is 6.11. The zero-order chi connectivity index (χ0) is 15.5. The molecule has 21 heavy (non-hydrogen) atoms. The number of rotatable bonds is 4. The molecule has 0 radical (unpaired) electrons. The summed E-state index contributed by atoms with van der Waals surface area (Å²) in [5, 5.41) is 17.9. The van der Waals surface area contributed by atoms with Crippen molar-refractivity contribution in [1.82, 2.24) is 0 Å². The number of aliphatic hydroxyl groups excluding tert-OH is 1. The van der Waals surface area contributed by atoms with Crippen molar-refractivity contribution in [2.24, 2.45) is 0 Å². The van der Waals surface area contributed by atoms with Crippen molar-refractivity contribution in [3.05, 3.63) is 59.7 Å². The largest absolute Gasteiger partial charge is 0.379 e. The Morgan fingerprint density at radius 3 is 2.19 bits per heavy atom. The summed E-state index contributed by atoms with van der Waals surface area (Å²) in [6.45, 7) is 1.86. The molecule has 0 aromatic heterocycles. The quantitative estimate of drug-likeness (QED) is 0.692. The maximum atomic E-state index is 12.1. The summed E-state index contributed by atoms with van der Waals surface area (Å²) >= 11 is 0. The summed E-state index contributed by atoms with van der Waals surface area (Å²) in [6.07, 6.45) is -1.24. The van der Waals surface area contributed by atoms with Crippen LogP contribution in [-0.4, -0.2) is 13.5 Å². The minimum atomic E-state index is -3.90. The monoisotopic (exact) mass is 303 g/mol. The van der Waals surface area contributed by atoms with Gasteiger partial charge in [-0.25, -0.2) is 0 Å². The van der Waals surface area contributed by atoms with Crippen molar-refractivity contribution in [3.8, 4) is 11.8 Å². The van der Waals surface area contributed by atoms with Gasteiger partial charge in [-0.15, -0.1) is 0 Å². The number of hydrogen-bond donors (Lipinski definition) is 1. The Balaban J connectivity index is 2.21. The second-order valence-corrected chi connectivity index (χ2v) is 6.00. The van der Waals surface area contributed by atoms with Crippen LogP contribution in [0.1, 0.15) is 17.2 Å². The van der Waals surface area contributed by atoms with Crippen LogP contribution in [0.15, 0.2) is 53.4 Å². The van der Waals surface area contributed by atoms with Crippen LogP contribution in [0, 0.1) is 18.3 Å². The van der Waals surface area contributed by atoms with Crippen molar-refractivity contribution in [2.45, 2.75) is 17.9 Å². The van der Waals surface area contributed by atoms with Gasteiger partial charge in [0.05, 0.1) is 6.07 Å². The molecule has 2 aromatic rings. The van der Waals surface area contributed by atoms with Crippen LogP contribution in [0.5, 0.6) is 5.75 Å². The van der Waals surface area contributed by atoms with Gasteiger partial charge in [0, 0.05) is 0 Å². The molecule has 0 aliphatic heterocycles. The number of aliphatic hydroxyl groups is 1. The topological polar surface area (TPSA) is 87.4 Å². The molecule has 1 N–H and O–H groups in total. The van der Waals surface area contributed by atoms with Crippen molar-refractivity contribution >= 4 is 10.1 Å². The summed E-state index contributed by atoms with van der Waals surface area (Å²) in [6, 6.07) is 13.6.